The standard InChI is InChI=1S/C13H14Cl2N4O2/c1-3-6-21-13-18-11(15)17-12(19-13)16-10-7-8(20-2)4-5-9(10)14/h4-5,7H,3,6H2,1-2H3,(H,16,17,18,19). The van der Waals surface area contributed by atoms with Gasteiger partial charge in [-0.1, -0.05) is 18.5 Å². The molecule has 0 saturated carbocycles. The molecule has 112 valence electrons. The second kappa shape index (κ2) is 7.28. The quantitative estimate of drug-likeness (QED) is 0.871. The summed E-state index contributed by atoms with van der Waals surface area (Å²) in [6, 6.07) is 5.36. The summed E-state index contributed by atoms with van der Waals surface area (Å²) in [5.74, 6) is 0.903. The van der Waals surface area contributed by atoms with Gasteiger partial charge >= 0.3 is 6.01 Å². The van der Waals surface area contributed by atoms with Crippen molar-refractivity contribution in [3.05, 3.63) is 28.5 Å². The zero-order valence-electron chi connectivity index (χ0n) is 11.6. The molecule has 0 radical (unpaired) electrons. The van der Waals surface area contributed by atoms with Crippen LogP contribution in [-0.4, -0.2) is 28.7 Å². The number of nitrogens with one attached hydrogen (secondary N) is 1. The van der Waals surface area contributed by atoms with Gasteiger partial charge in [0, 0.05) is 6.07 Å². The number of aromatic nitrogens is 3. The molecule has 21 heavy (non-hydrogen) atoms. The zero-order valence-corrected chi connectivity index (χ0v) is 13.1. The number of hydrogen-bond acceptors (Lipinski definition) is 6. The number of halogens is 2. The van der Waals surface area contributed by atoms with Crippen molar-refractivity contribution in [1.82, 2.24) is 15.0 Å². The molecule has 0 saturated heterocycles. The van der Waals surface area contributed by atoms with Crippen LogP contribution in [0.1, 0.15) is 13.3 Å². The number of hydrogen-bond donors (Lipinski definition) is 1. The molecule has 0 atom stereocenters. The minimum absolute atomic E-state index is 0.0395. The van der Waals surface area contributed by atoms with Crippen molar-refractivity contribution in [2.24, 2.45) is 0 Å². The Morgan fingerprint density at radius 1 is 1.19 bits per heavy atom. The second-order valence-corrected chi connectivity index (χ2v) is 4.78. The van der Waals surface area contributed by atoms with E-state index >= 15 is 0 Å². The topological polar surface area (TPSA) is 69.2 Å². The highest BCUT2D eigenvalue weighted by atomic mass is 35.5. The van der Waals surface area contributed by atoms with E-state index in [0.717, 1.165) is 6.42 Å². The molecule has 0 spiro atoms. The molecule has 0 fully saturated rings. The Labute approximate surface area is 132 Å². The number of anilines is 2. The van der Waals surface area contributed by atoms with Gasteiger partial charge in [-0.05, 0) is 30.2 Å². The smallest absolute Gasteiger partial charge is 0.322 e. The summed E-state index contributed by atoms with van der Waals surface area (Å²) in [5.41, 5.74) is 0.597. The summed E-state index contributed by atoms with van der Waals surface area (Å²) in [6.07, 6.45) is 0.841. The second-order valence-electron chi connectivity index (χ2n) is 4.03. The fourth-order valence-electron chi connectivity index (χ4n) is 1.49. The largest absolute Gasteiger partial charge is 0.497 e. The van der Waals surface area contributed by atoms with E-state index in [1.54, 1.807) is 25.3 Å². The molecule has 8 heteroatoms. The lowest BCUT2D eigenvalue weighted by atomic mass is 10.3. The van der Waals surface area contributed by atoms with Crippen molar-refractivity contribution in [2.75, 3.05) is 19.0 Å². The van der Waals surface area contributed by atoms with Crippen LogP contribution >= 0.6 is 23.2 Å². The van der Waals surface area contributed by atoms with E-state index in [2.05, 4.69) is 20.3 Å². The van der Waals surface area contributed by atoms with Crippen molar-refractivity contribution >= 4 is 34.8 Å². The minimum atomic E-state index is 0.0395. The average molecular weight is 329 g/mol. The molecule has 0 aliphatic heterocycles. The summed E-state index contributed by atoms with van der Waals surface area (Å²) >= 11 is 12.0. The van der Waals surface area contributed by atoms with Crippen molar-refractivity contribution in [1.29, 1.82) is 0 Å². The summed E-state index contributed by atoms with van der Waals surface area (Å²) in [4.78, 5) is 12.0. The molecule has 1 aromatic heterocycles. The first kappa shape index (κ1) is 15.6. The predicted molar refractivity (Wildman–Crippen MR) is 81.9 cm³/mol. The number of ether oxygens (including phenoxy) is 2. The van der Waals surface area contributed by atoms with Gasteiger partial charge in [0.2, 0.25) is 11.2 Å². The lowest BCUT2D eigenvalue weighted by Crippen LogP contribution is -2.05. The third-order valence-electron chi connectivity index (χ3n) is 2.44. The van der Waals surface area contributed by atoms with Gasteiger partial charge in [-0.3, -0.25) is 0 Å². The van der Waals surface area contributed by atoms with Crippen LogP contribution in [0.4, 0.5) is 11.6 Å². The van der Waals surface area contributed by atoms with Crippen molar-refractivity contribution < 1.29 is 9.47 Å². The fraction of sp³-hybridized carbons (Fsp3) is 0.308. The first-order valence-corrected chi connectivity index (χ1v) is 7.03. The average Bonchev–Trinajstić information content (AvgIpc) is 2.47. The van der Waals surface area contributed by atoms with E-state index in [0.29, 0.717) is 23.1 Å². The Bertz CT molecular complexity index is 625. The Morgan fingerprint density at radius 2 is 2.00 bits per heavy atom. The van der Waals surface area contributed by atoms with Crippen LogP contribution in [0.3, 0.4) is 0 Å². The number of benzene rings is 1. The summed E-state index contributed by atoms with van der Waals surface area (Å²) in [6.45, 7) is 2.48. The van der Waals surface area contributed by atoms with Crippen LogP contribution in [0.25, 0.3) is 0 Å². The third-order valence-corrected chi connectivity index (χ3v) is 2.94. The van der Waals surface area contributed by atoms with Crippen molar-refractivity contribution in [2.45, 2.75) is 13.3 Å². The Hall–Kier alpha value is -1.79. The zero-order chi connectivity index (χ0) is 15.2. The lowest BCUT2D eigenvalue weighted by Gasteiger charge is -2.10. The molecule has 2 aromatic rings. The molecular weight excluding hydrogens is 315 g/mol. The van der Waals surface area contributed by atoms with Crippen LogP contribution in [0.15, 0.2) is 18.2 Å². The van der Waals surface area contributed by atoms with Gasteiger partial charge in [0.15, 0.2) is 0 Å². The van der Waals surface area contributed by atoms with E-state index in [1.807, 2.05) is 6.92 Å². The first-order valence-electron chi connectivity index (χ1n) is 6.27. The Morgan fingerprint density at radius 3 is 2.71 bits per heavy atom. The molecule has 0 unspecified atom stereocenters. The van der Waals surface area contributed by atoms with E-state index in [-0.39, 0.29) is 17.2 Å². The Kier molecular flexibility index (Phi) is 5.41. The maximum absolute atomic E-state index is 6.11. The molecule has 0 aliphatic rings. The van der Waals surface area contributed by atoms with Crippen LogP contribution in [0.2, 0.25) is 10.3 Å². The maximum Gasteiger partial charge on any atom is 0.322 e. The summed E-state index contributed by atoms with van der Waals surface area (Å²) in [5, 5.41) is 3.51. The highest BCUT2D eigenvalue weighted by molar-refractivity contribution is 6.33. The van der Waals surface area contributed by atoms with E-state index in [1.165, 1.54) is 0 Å². The molecule has 1 heterocycles. The third kappa shape index (κ3) is 4.34. The maximum atomic E-state index is 6.11. The van der Waals surface area contributed by atoms with Crippen LogP contribution in [-0.2, 0) is 0 Å². The van der Waals surface area contributed by atoms with Gasteiger partial charge in [-0.15, -0.1) is 0 Å². The molecule has 0 bridgehead atoms. The summed E-state index contributed by atoms with van der Waals surface area (Å²) < 4.78 is 10.5. The highest BCUT2D eigenvalue weighted by Gasteiger charge is 2.09. The van der Waals surface area contributed by atoms with Crippen LogP contribution in [0, 0.1) is 0 Å². The normalized spacial score (nSPS) is 10.3. The van der Waals surface area contributed by atoms with Crippen LogP contribution in [0.5, 0.6) is 11.8 Å². The molecular formula is C13H14Cl2N4O2. The number of rotatable bonds is 6. The molecule has 2 rings (SSSR count). The fourth-order valence-corrected chi connectivity index (χ4v) is 1.81. The van der Waals surface area contributed by atoms with Crippen LogP contribution < -0.4 is 14.8 Å². The van der Waals surface area contributed by atoms with Gasteiger partial charge < -0.3 is 14.8 Å². The minimum Gasteiger partial charge on any atom is -0.497 e. The number of methoxy groups -OCH3 is 1. The van der Waals surface area contributed by atoms with E-state index < -0.39 is 0 Å². The van der Waals surface area contributed by atoms with Crippen molar-refractivity contribution in [3.63, 3.8) is 0 Å². The molecule has 6 nitrogen and oxygen atoms in total. The predicted octanol–water partition coefficient (Wildman–Crippen LogP) is 3.72. The first-order chi connectivity index (χ1) is 10.1. The van der Waals surface area contributed by atoms with E-state index in [4.69, 9.17) is 32.7 Å². The van der Waals surface area contributed by atoms with Gasteiger partial charge in [-0.2, -0.15) is 15.0 Å². The van der Waals surface area contributed by atoms with Gasteiger partial charge in [0.25, 0.3) is 0 Å². The SMILES string of the molecule is CCCOc1nc(Cl)nc(Nc2cc(OC)ccc2Cl)n1. The Balaban J connectivity index is 2.24. The monoisotopic (exact) mass is 328 g/mol. The van der Waals surface area contributed by atoms with Gasteiger partial charge in [0.05, 0.1) is 24.4 Å². The summed E-state index contributed by atoms with van der Waals surface area (Å²) in [7, 11) is 1.57. The van der Waals surface area contributed by atoms with Crippen molar-refractivity contribution in [3.8, 4) is 11.8 Å². The number of nitrogens with zero attached hydrogens (tertiary/aromatic N) is 3. The highest BCUT2D eigenvalue weighted by Crippen LogP contribution is 2.29. The van der Waals surface area contributed by atoms with Gasteiger partial charge in [-0.25, -0.2) is 0 Å². The molecule has 0 amide bonds. The van der Waals surface area contributed by atoms with Gasteiger partial charge in [0.1, 0.15) is 5.75 Å². The lowest BCUT2D eigenvalue weighted by molar-refractivity contribution is 0.292. The molecule has 0 aliphatic carbocycles. The molecule has 1 N–H and O–H groups in total. The van der Waals surface area contributed by atoms with E-state index in [9.17, 15) is 0 Å². The molecule has 1 aromatic carbocycles.